The van der Waals surface area contributed by atoms with Crippen molar-refractivity contribution in [1.29, 1.82) is 0 Å². The summed E-state index contributed by atoms with van der Waals surface area (Å²) in [5, 5.41) is 0. The van der Waals surface area contributed by atoms with Crippen LogP contribution in [-0.2, 0) is 9.53 Å². The summed E-state index contributed by atoms with van der Waals surface area (Å²) >= 11 is 0. The van der Waals surface area contributed by atoms with E-state index in [-0.39, 0.29) is 28.8 Å². The van der Waals surface area contributed by atoms with E-state index < -0.39 is 0 Å². The maximum Gasteiger partial charge on any atom is 0.167 e. The Morgan fingerprint density at radius 1 is 1.00 bits per heavy atom. The number of ketones is 1. The van der Waals surface area contributed by atoms with Gasteiger partial charge >= 0.3 is 0 Å². The van der Waals surface area contributed by atoms with Crippen molar-refractivity contribution in [3.63, 3.8) is 0 Å². The standard InChI is InChI=1S/C13H26O2/c1-9(2)15-10(3)11(14)13(7,8)12(4,5)6/h9-10H,1-8H3. The summed E-state index contributed by atoms with van der Waals surface area (Å²) in [6.45, 7) is 16.0. The fourth-order valence-electron chi connectivity index (χ4n) is 1.35. The molecule has 15 heavy (non-hydrogen) atoms. The highest BCUT2D eigenvalue weighted by molar-refractivity contribution is 5.88. The molecule has 0 fully saturated rings. The second kappa shape index (κ2) is 4.65. The van der Waals surface area contributed by atoms with Crippen LogP contribution in [0.15, 0.2) is 0 Å². The van der Waals surface area contributed by atoms with Crippen LogP contribution in [0.1, 0.15) is 55.4 Å². The van der Waals surface area contributed by atoms with Crippen molar-refractivity contribution < 1.29 is 9.53 Å². The van der Waals surface area contributed by atoms with Crippen LogP contribution in [-0.4, -0.2) is 18.0 Å². The minimum atomic E-state index is -0.360. The minimum absolute atomic E-state index is 0.0430. The van der Waals surface area contributed by atoms with Crippen LogP contribution in [0.2, 0.25) is 0 Å². The zero-order valence-corrected chi connectivity index (χ0v) is 11.5. The summed E-state index contributed by atoms with van der Waals surface area (Å²) in [6.07, 6.45) is -0.223. The van der Waals surface area contributed by atoms with Gasteiger partial charge < -0.3 is 4.74 Å². The Bertz CT molecular complexity index is 221. The predicted octanol–water partition coefficient (Wildman–Crippen LogP) is 3.44. The van der Waals surface area contributed by atoms with E-state index >= 15 is 0 Å². The van der Waals surface area contributed by atoms with Crippen molar-refractivity contribution in [3.8, 4) is 0 Å². The van der Waals surface area contributed by atoms with E-state index in [1.165, 1.54) is 0 Å². The molecular weight excluding hydrogens is 188 g/mol. The van der Waals surface area contributed by atoms with Crippen molar-refractivity contribution in [2.45, 2.75) is 67.6 Å². The fourth-order valence-corrected chi connectivity index (χ4v) is 1.35. The van der Waals surface area contributed by atoms with Gasteiger partial charge in [-0.25, -0.2) is 0 Å². The highest BCUT2D eigenvalue weighted by Crippen LogP contribution is 2.39. The van der Waals surface area contributed by atoms with E-state index in [2.05, 4.69) is 20.8 Å². The summed E-state index contributed by atoms with van der Waals surface area (Å²) in [5.41, 5.74) is -0.403. The van der Waals surface area contributed by atoms with Crippen LogP contribution in [0.3, 0.4) is 0 Å². The van der Waals surface area contributed by atoms with Crippen LogP contribution in [0.5, 0.6) is 0 Å². The van der Waals surface area contributed by atoms with Gasteiger partial charge in [-0.05, 0) is 26.2 Å². The average Bonchev–Trinajstić information content (AvgIpc) is 1.99. The van der Waals surface area contributed by atoms with Gasteiger partial charge in [0.15, 0.2) is 5.78 Å². The first-order chi connectivity index (χ1) is 6.50. The maximum absolute atomic E-state index is 12.2. The monoisotopic (exact) mass is 214 g/mol. The summed E-state index contributed by atoms with van der Waals surface area (Å²) in [4.78, 5) is 12.2. The first kappa shape index (κ1) is 14.6. The van der Waals surface area contributed by atoms with E-state index in [1.54, 1.807) is 0 Å². The van der Waals surface area contributed by atoms with E-state index in [9.17, 15) is 4.79 Å². The van der Waals surface area contributed by atoms with Crippen LogP contribution >= 0.6 is 0 Å². The normalized spacial score (nSPS) is 15.5. The van der Waals surface area contributed by atoms with Gasteiger partial charge in [-0.2, -0.15) is 0 Å². The lowest BCUT2D eigenvalue weighted by Gasteiger charge is -2.39. The van der Waals surface area contributed by atoms with Crippen molar-refractivity contribution in [3.05, 3.63) is 0 Å². The molecule has 0 saturated heterocycles. The molecule has 0 aromatic heterocycles. The molecule has 0 aromatic carbocycles. The smallest absolute Gasteiger partial charge is 0.167 e. The Labute approximate surface area is 94.4 Å². The molecule has 0 amide bonds. The maximum atomic E-state index is 12.2. The largest absolute Gasteiger partial charge is 0.368 e. The number of rotatable bonds is 4. The van der Waals surface area contributed by atoms with Gasteiger partial charge in [0.2, 0.25) is 0 Å². The van der Waals surface area contributed by atoms with Crippen LogP contribution < -0.4 is 0 Å². The molecule has 0 aliphatic carbocycles. The Kier molecular flexibility index (Phi) is 4.53. The minimum Gasteiger partial charge on any atom is -0.368 e. The molecular formula is C13H26O2. The zero-order chi connectivity index (χ0) is 12.4. The second-order valence-electron chi connectivity index (χ2n) is 6.07. The predicted molar refractivity (Wildman–Crippen MR) is 63.9 cm³/mol. The van der Waals surface area contributed by atoms with Crippen molar-refractivity contribution in [2.75, 3.05) is 0 Å². The molecule has 1 unspecified atom stereocenters. The lowest BCUT2D eigenvalue weighted by atomic mass is 9.66. The fraction of sp³-hybridized carbons (Fsp3) is 0.923. The van der Waals surface area contributed by atoms with E-state index in [1.807, 2.05) is 34.6 Å². The molecule has 0 spiro atoms. The first-order valence-corrected chi connectivity index (χ1v) is 5.70. The molecule has 2 nitrogen and oxygen atoms in total. The molecule has 0 saturated carbocycles. The van der Waals surface area contributed by atoms with Crippen molar-refractivity contribution >= 4 is 5.78 Å². The third kappa shape index (κ3) is 3.60. The Morgan fingerprint density at radius 2 is 1.40 bits per heavy atom. The van der Waals surface area contributed by atoms with Crippen molar-refractivity contribution in [2.24, 2.45) is 10.8 Å². The van der Waals surface area contributed by atoms with Gasteiger partial charge in [-0.3, -0.25) is 4.79 Å². The number of ether oxygens (including phenoxy) is 1. The average molecular weight is 214 g/mol. The lowest BCUT2D eigenvalue weighted by molar-refractivity contribution is -0.146. The highest BCUT2D eigenvalue weighted by atomic mass is 16.5. The van der Waals surface area contributed by atoms with Crippen molar-refractivity contribution in [1.82, 2.24) is 0 Å². The van der Waals surface area contributed by atoms with Crippen LogP contribution in [0.4, 0.5) is 0 Å². The number of Topliss-reactive ketones (excluding diaryl/α,β-unsaturated/α-hetero) is 1. The molecule has 0 aliphatic rings. The third-order valence-corrected chi connectivity index (χ3v) is 3.34. The number of hydrogen-bond donors (Lipinski definition) is 0. The quantitative estimate of drug-likeness (QED) is 0.716. The van der Waals surface area contributed by atoms with E-state index in [0.717, 1.165) is 0 Å². The van der Waals surface area contributed by atoms with Gasteiger partial charge in [0.25, 0.3) is 0 Å². The van der Waals surface area contributed by atoms with Crippen LogP contribution in [0, 0.1) is 10.8 Å². The first-order valence-electron chi connectivity index (χ1n) is 5.70. The highest BCUT2D eigenvalue weighted by Gasteiger charge is 2.41. The molecule has 0 N–H and O–H groups in total. The Hall–Kier alpha value is -0.370. The molecule has 1 atom stereocenters. The molecule has 0 bridgehead atoms. The Morgan fingerprint density at radius 3 is 1.67 bits per heavy atom. The van der Waals surface area contributed by atoms with Gasteiger partial charge in [-0.1, -0.05) is 34.6 Å². The van der Waals surface area contributed by atoms with Gasteiger partial charge in [-0.15, -0.1) is 0 Å². The number of carbonyl (C=O) groups excluding carboxylic acids is 1. The third-order valence-electron chi connectivity index (χ3n) is 3.34. The van der Waals surface area contributed by atoms with Gasteiger partial charge in [0.05, 0.1) is 6.10 Å². The second-order valence-corrected chi connectivity index (χ2v) is 6.07. The van der Waals surface area contributed by atoms with Gasteiger partial charge in [0.1, 0.15) is 6.10 Å². The summed E-state index contributed by atoms with van der Waals surface area (Å²) in [7, 11) is 0. The lowest BCUT2D eigenvalue weighted by Crippen LogP contribution is -2.44. The molecule has 0 rings (SSSR count). The summed E-state index contributed by atoms with van der Waals surface area (Å²) < 4.78 is 5.54. The topological polar surface area (TPSA) is 26.3 Å². The molecule has 90 valence electrons. The molecule has 0 aliphatic heterocycles. The Balaban J connectivity index is 4.70. The number of carbonyl (C=O) groups is 1. The molecule has 0 heterocycles. The van der Waals surface area contributed by atoms with E-state index in [4.69, 9.17) is 4.74 Å². The molecule has 0 radical (unpaired) electrons. The van der Waals surface area contributed by atoms with Gasteiger partial charge in [0, 0.05) is 5.41 Å². The number of hydrogen-bond acceptors (Lipinski definition) is 2. The zero-order valence-electron chi connectivity index (χ0n) is 11.5. The summed E-state index contributed by atoms with van der Waals surface area (Å²) in [6, 6.07) is 0. The van der Waals surface area contributed by atoms with Crippen LogP contribution in [0.25, 0.3) is 0 Å². The SMILES string of the molecule is CC(C)OC(C)C(=O)C(C)(C)C(C)(C)C. The molecule has 2 heteroatoms. The molecule has 0 aromatic rings. The van der Waals surface area contributed by atoms with E-state index in [0.29, 0.717) is 0 Å². The summed E-state index contributed by atoms with van der Waals surface area (Å²) in [5.74, 6) is 0.184.